The number of likely N-dealkylation sites (tertiary alicyclic amines) is 1. The summed E-state index contributed by atoms with van der Waals surface area (Å²) in [6.07, 6.45) is 2.70. The van der Waals surface area contributed by atoms with Crippen LogP contribution in [-0.4, -0.2) is 53.7 Å². The fourth-order valence-corrected chi connectivity index (χ4v) is 4.70. The first-order valence-electron chi connectivity index (χ1n) is 12.3. The van der Waals surface area contributed by atoms with Gasteiger partial charge in [0.15, 0.2) is 11.6 Å². The van der Waals surface area contributed by atoms with E-state index < -0.39 is 5.60 Å². The van der Waals surface area contributed by atoms with Crippen LogP contribution in [0.15, 0.2) is 54.6 Å². The van der Waals surface area contributed by atoms with E-state index >= 15 is 0 Å². The average Bonchev–Trinajstić information content (AvgIpc) is 3.04. The summed E-state index contributed by atoms with van der Waals surface area (Å²) in [6.45, 7) is 8.43. The van der Waals surface area contributed by atoms with Crippen LogP contribution in [-0.2, 0) is 17.8 Å². The predicted octanol–water partition coefficient (Wildman–Crippen LogP) is 5.17. The van der Waals surface area contributed by atoms with E-state index in [1.54, 1.807) is 25.3 Å². The van der Waals surface area contributed by atoms with Gasteiger partial charge in [-0.3, -0.25) is 9.58 Å². The predicted molar refractivity (Wildman–Crippen MR) is 134 cm³/mol. The summed E-state index contributed by atoms with van der Waals surface area (Å²) < 4.78 is 33.7. The Hall–Kier alpha value is -2.90. The lowest BCUT2D eigenvalue weighted by molar-refractivity contribution is -0.0548. The number of rotatable bonds is 10. The van der Waals surface area contributed by atoms with E-state index in [-0.39, 0.29) is 11.6 Å². The molecule has 2 aromatic carbocycles. The molecule has 0 bridgehead atoms. The van der Waals surface area contributed by atoms with Crippen molar-refractivity contribution in [3.8, 4) is 11.5 Å². The van der Waals surface area contributed by atoms with Crippen LogP contribution in [0.5, 0.6) is 11.5 Å². The van der Waals surface area contributed by atoms with Crippen LogP contribution in [0.1, 0.15) is 36.2 Å². The molecule has 1 aliphatic rings. The Labute approximate surface area is 207 Å². The number of ether oxygens (including phenoxy) is 3. The fourth-order valence-electron chi connectivity index (χ4n) is 4.70. The summed E-state index contributed by atoms with van der Waals surface area (Å²) in [5, 5.41) is 4.49. The van der Waals surface area contributed by atoms with Crippen LogP contribution in [0.4, 0.5) is 4.39 Å². The smallest absolute Gasteiger partial charge is 0.165 e. The van der Waals surface area contributed by atoms with Crippen LogP contribution < -0.4 is 9.47 Å². The summed E-state index contributed by atoms with van der Waals surface area (Å²) >= 11 is 0. The molecule has 6 nitrogen and oxygen atoms in total. The summed E-state index contributed by atoms with van der Waals surface area (Å²) in [5.74, 6) is 0.814. The van der Waals surface area contributed by atoms with Crippen molar-refractivity contribution < 1.29 is 18.6 Å². The maximum absolute atomic E-state index is 14.0. The van der Waals surface area contributed by atoms with Gasteiger partial charge in [0.2, 0.25) is 0 Å². The highest BCUT2D eigenvalue weighted by molar-refractivity contribution is 5.28. The second-order valence-electron chi connectivity index (χ2n) is 9.38. The first-order valence-corrected chi connectivity index (χ1v) is 12.3. The highest BCUT2D eigenvalue weighted by Gasteiger charge is 2.34. The van der Waals surface area contributed by atoms with E-state index in [1.807, 2.05) is 23.7 Å². The normalized spacial score (nSPS) is 18.9. The molecule has 0 unspecified atom stereocenters. The van der Waals surface area contributed by atoms with Gasteiger partial charge in [-0.05, 0) is 75.5 Å². The maximum Gasteiger partial charge on any atom is 0.165 e. The highest BCUT2D eigenvalue weighted by Crippen LogP contribution is 2.29. The fraction of sp³-hybridized carbons (Fsp3) is 0.464. The molecule has 0 saturated carbocycles. The lowest BCUT2D eigenvalue weighted by Gasteiger charge is -2.31. The zero-order chi connectivity index (χ0) is 24.7. The third kappa shape index (κ3) is 6.83. The number of methoxy groups -OCH3 is 1. The number of para-hydroxylation sites is 1. The molecule has 1 aliphatic heterocycles. The number of aryl methyl sites for hydroxylation is 2. The molecule has 0 spiro atoms. The van der Waals surface area contributed by atoms with Gasteiger partial charge in [-0.2, -0.15) is 5.10 Å². The Balaban J connectivity index is 1.29. The lowest BCUT2D eigenvalue weighted by Crippen LogP contribution is -2.39. The number of benzene rings is 2. The minimum absolute atomic E-state index is 0.277. The van der Waals surface area contributed by atoms with Gasteiger partial charge in [0, 0.05) is 25.9 Å². The summed E-state index contributed by atoms with van der Waals surface area (Å²) in [6, 6.07) is 16.9. The van der Waals surface area contributed by atoms with Crippen molar-refractivity contribution in [2.75, 3.05) is 33.4 Å². The van der Waals surface area contributed by atoms with Gasteiger partial charge in [-0.15, -0.1) is 0 Å². The van der Waals surface area contributed by atoms with E-state index in [0.29, 0.717) is 13.2 Å². The molecule has 4 rings (SSSR count). The van der Waals surface area contributed by atoms with E-state index in [9.17, 15) is 4.39 Å². The minimum atomic E-state index is -0.412. The third-order valence-corrected chi connectivity index (χ3v) is 6.73. The van der Waals surface area contributed by atoms with Gasteiger partial charge in [0.1, 0.15) is 24.6 Å². The van der Waals surface area contributed by atoms with Crippen LogP contribution in [0.2, 0.25) is 0 Å². The Morgan fingerprint density at radius 2 is 1.86 bits per heavy atom. The van der Waals surface area contributed by atoms with Crippen LogP contribution in [0.25, 0.3) is 0 Å². The molecular formula is C28H36FN3O3. The van der Waals surface area contributed by atoms with Gasteiger partial charge < -0.3 is 14.2 Å². The van der Waals surface area contributed by atoms with Crippen molar-refractivity contribution in [1.82, 2.24) is 14.7 Å². The molecule has 188 valence electrons. The zero-order valence-electron chi connectivity index (χ0n) is 21.0. The van der Waals surface area contributed by atoms with Crippen molar-refractivity contribution in [3.63, 3.8) is 0 Å². The summed E-state index contributed by atoms with van der Waals surface area (Å²) in [4.78, 5) is 2.44. The Bertz CT molecular complexity index is 1100. The molecule has 35 heavy (non-hydrogen) atoms. The topological polar surface area (TPSA) is 48.8 Å². The molecule has 3 aromatic rings. The standard InChI is InChI=1S/C28H36FN3O3/c1-22-18-23(2)32(30-22)16-17-34-25-9-6-8-24(19-25)20-31-14-7-12-28(33-3,13-15-31)21-35-27-11-5-4-10-26(27)29/h4-6,8-11,18-19H,7,12-17,20-21H2,1-3H3/t28-/m1/s1. The first-order chi connectivity index (χ1) is 17.0. The van der Waals surface area contributed by atoms with Crippen LogP contribution in [0, 0.1) is 19.7 Å². The molecule has 0 N–H and O–H groups in total. The summed E-state index contributed by atoms with van der Waals surface area (Å²) in [7, 11) is 1.73. The van der Waals surface area contributed by atoms with Crippen molar-refractivity contribution in [1.29, 1.82) is 0 Å². The molecule has 1 aromatic heterocycles. The average molecular weight is 482 g/mol. The summed E-state index contributed by atoms with van der Waals surface area (Å²) in [5.41, 5.74) is 2.98. The van der Waals surface area contributed by atoms with Gasteiger partial charge in [0.05, 0.1) is 12.2 Å². The number of nitrogens with zero attached hydrogens (tertiary/aromatic N) is 3. The molecule has 1 atom stereocenters. The van der Waals surface area contributed by atoms with Gasteiger partial charge in [-0.1, -0.05) is 24.3 Å². The minimum Gasteiger partial charge on any atom is -0.492 e. The lowest BCUT2D eigenvalue weighted by atomic mass is 9.95. The van der Waals surface area contributed by atoms with Gasteiger partial charge >= 0.3 is 0 Å². The Kier molecular flexibility index (Phi) is 8.42. The van der Waals surface area contributed by atoms with Crippen molar-refractivity contribution >= 4 is 0 Å². The second-order valence-corrected chi connectivity index (χ2v) is 9.38. The first kappa shape index (κ1) is 25.2. The van der Waals surface area contributed by atoms with Gasteiger partial charge in [-0.25, -0.2) is 4.39 Å². The second kappa shape index (κ2) is 11.7. The van der Waals surface area contributed by atoms with Crippen molar-refractivity contribution in [2.24, 2.45) is 0 Å². The van der Waals surface area contributed by atoms with E-state index in [1.165, 1.54) is 11.6 Å². The zero-order valence-corrected chi connectivity index (χ0v) is 21.0. The van der Waals surface area contributed by atoms with Crippen LogP contribution >= 0.6 is 0 Å². The van der Waals surface area contributed by atoms with E-state index in [0.717, 1.165) is 62.6 Å². The Morgan fingerprint density at radius 1 is 1.00 bits per heavy atom. The van der Waals surface area contributed by atoms with Crippen molar-refractivity contribution in [3.05, 3.63) is 77.4 Å². The monoisotopic (exact) mass is 481 g/mol. The molecule has 0 aliphatic carbocycles. The number of hydrogen-bond donors (Lipinski definition) is 0. The largest absolute Gasteiger partial charge is 0.492 e. The molecule has 1 fully saturated rings. The molecule has 0 radical (unpaired) electrons. The van der Waals surface area contributed by atoms with E-state index in [2.05, 4.69) is 35.1 Å². The molecule has 2 heterocycles. The van der Waals surface area contributed by atoms with Gasteiger partial charge in [0.25, 0.3) is 0 Å². The van der Waals surface area contributed by atoms with Crippen molar-refractivity contribution in [2.45, 2.75) is 51.8 Å². The third-order valence-electron chi connectivity index (χ3n) is 6.73. The molecular weight excluding hydrogens is 445 g/mol. The number of hydrogen-bond acceptors (Lipinski definition) is 5. The highest BCUT2D eigenvalue weighted by atomic mass is 19.1. The number of aromatic nitrogens is 2. The van der Waals surface area contributed by atoms with Crippen LogP contribution in [0.3, 0.4) is 0 Å². The maximum atomic E-state index is 14.0. The number of halogens is 1. The molecule has 0 amide bonds. The quantitative estimate of drug-likeness (QED) is 0.400. The molecule has 1 saturated heterocycles. The Morgan fingerprint density at radius 3 is 2.63 bits per heavy atom. The van der Waals surface area contributed by atoms with E-state index in [4.69, 9.17) is 14.2 Å². The SMILES string of the molecule is CO[C@]1(COc2ccccc2F)CCCN(Cc2cccc(OCCn3nc(C)cc3C)c2)CC1. The molecule has 7 heteroatoms.